The van der Waals surface area contributed by atoms with E-state index in [2.05, 4.69) is 4.90 Å². The maximum atomic E-state index is 11.3. The van der Waals surface area contributed by atoms with Crippen LogP contribution in [0.5, 0.6) is 0 Å². The second-order valence-electron chi connectivity index (χ2n) is 3.14. The summed E-state index contributed by atoms with van der Waals surface area (Å²) >= 11 is 0. The SMILES string of the molecule is CCC(=O)N1CCN([CH]CO)CC1. The summed E-state index contributed by atoms with van der Waals surface area (Å²) in [5.41, 5.74) is 0. The van der Waals surface area contributed by atoms with E-state index in [1.807, 2.05) is 11.8 Å². The summed E-state index contributed by atoms with van der Waals surface area (Å²) in [6, 6.07) is 0. The van der Waals surface area contributed by atoms with Gasteiger partial charge in [-0.25, -0.2) is 0 Å². The van der Waals surface area contributed by atoms with E-state index in [1.165, 1.54) is 0 Å². The fraction of sp³-hybridized carbons (Fsp3) is 0.778. The Hall–Kier alpha value is -0.610. The first-order valence-electron chi connectivity index (χ1n) is 4.74. The van der Waals surface area contributed by atoms with Crippen molar-refractivity contribution in [1.29, 1.82) is 0 Å². The number of rotatable bonds is 3. The molecule has 0 aliphatic carbocycles. The molecular weight excluding hydrogens is 168 g/mol. The molecule has 1 aliphatic rings. The number of amides is 1. The first-order chi connectivity index (χ1) is 6.27. The second-order valence-corrected chi connectivity index (χ2v) is 3.14. The molecule has 75 valence electrons. The molecule has 1 N–H and O–H groups in total. The van der Waals surface area contributed by atoms with E-state index in [1.54, 1.807) is 6.54 Å². The fourth-order valence-electron chi connectivity index (χ4n) is 1.49. The van der Waals surface area contributed by atoms with Crippen molar-refractivity contribution in [3.8, 4) is 0 Å². The number of nitrogens with zero attached hydrogens (tertiary/aromatic N) is 2. The lowest BCUT2D eigenvalue weighted by molar-refractivity contribution is -0.132. The minimum atomic E-state index is 0.0850. The Bertz CT molecular complexity index is 165. The van der Waals surface area contributed by atoms with Crippen LogP contribution in [0.3, 0.4) is 0 Å². The molecule has 1 saturated heterocycles. The number of carbonyl (C=O) groups excluding carboxylic acids is 1. The number of piperazine rings is 1. The topological polar surface area (TPSA) is 43.8 Å². The van der Waals surface area contributed by atoms with Gasteiger partial charge in [0.25, 0.3) is 0 Å². The van der Waals surface area contributed by atoms with Crippen molar-refractivity contribution < 1.29 is 9.90 Å². The quantitative estimate of drug-likeness (QED) is 0.656. The lowest BCUT2D eigenvalue weighted by Gasteiger charge is -2.33. The van der Waals surface area contributed by atoms with E-state index in [-0.39, 0.29) is 12.5 Å². The third-order valence-electron chi connectivity index (χ3n) is 2.31. The lowest BCUT2D eigenvalue weighted by atomic mass is 10.3. The van der Waals surface area contributed by atoms with Crippen LogP contribution in [-0.4, -0.2) is 53.6 Å². The Balaban J connectivity index is 2.26. The van der Waals surface area contributed by atoms with Gasteiger partial charge in [0, 0.05) is 32.6 Å². The van der Waals surface area contributed by atoms with Crippen LogP contribution >= 0.6 is 0 Å². The summed E-state index contributed by atoms with van der Waals surface area (Å²) in [6.07, 6.45) is 0.587. The Morgan fingerprint density at radius 2 is 2.00 bits per heavy atom. The van der Waals surface area contributed by atoms with E-state index in [4.69, 9.17) is 5.11 Å². The largest absolute Gasteiger partial charge is 0.395 e. The molecule has 1 aliphatic heterocycles. The van der Waals surface area contributed by atoms with Gasteiger partial charge in [0.2, 0.25) is 5.91 Å². The fourth-order valence-corrected chi connectivity index (χ4v) is 1.49. The normalized spacial score (nSPS) is 19.1. The number of carbonyl (C=O) groups is 1. The molecular formula is C9H17N2O2. The smallest absolute Gasteiger partial charge is 0.222 e. The van der Waals surface area contributed by atoms with Gasteiger partial charge in [-0.05, 0) is 0 Å². The van der Waals surface area contributed by atoms with Crippen molar-refractivity contribution in [2.75, 3.05) is 32.8 Å². The van der Waals surface area contributed by atoms with Crippen LogP contribution in [0.2, 0.25) is 0 Å². The Morgan fingerprint density at radius 1 is 1.38 bits per heavy atom. The highest BCUT2D eigenvalue weighted by Gasteiger charge is 2.18. The highest BCUT2D eigenvalue weighted by Crippen LogP contribution is 2.04. The molecule has 1 heterocycles. The first kappa shape index (κ1) is 10.5. The van der Waals surface area contributed by atoms with Gasteiger partial charge in [-0.3, -0.25) is 9.69 Å². The average molecular weight is 185 g/mol. The van der Waals surface area contributed by atoms with Crippen LogP contribution in [0.15, 0.2) is 0 Å². The summed E-state index contributed by atoms with van der Waals surface area (Å²) in [7, 11) is 0. The van der Waals surface area contributed by atoms with Crippen LogP contribution in [0.1, 0.15) is 13.3 Å². The zero-order valence-electron chi connectivity index (χ0n) is 8.07. The summed E-state index contributed by atoms with van der Waals surface area (Å²) in [4.78, 5) is 15.2. The number of aliphatic hydroxyl groups excluding tert-OH is 1. The van der Waals surface area contributed by atoms with Crippen molar-refractivity contribution >= 4 is 5.91 Å². The van der Waals surface area contributed by atoms with Gasteiger partial charge in [0.05, 0.1) is 13.2 Å². The Morgan fingerprint density at radius 3 is 2.46 bits per heavy atom. The minimum Gasteiger partial charge on any atom is -0.395 e. The average Bonchev–Trinajstić information content (AvgIpc) is 2.18. The monoisotopic (exact) mass is 185 g/mol. The van der Waals surface area contributed by atoms with Gasteiger partial charge in [-0.2, -0.15) is 0 Å². The van der Waals surface area contributed by atoms with Crippen molar-refractivity contribution in [3.63, 3.8) is 0 Å². The highest BCUT2D eigenvalue weighted by molar-refractivity contribution is 5.75. The summed E-state index contributed by atoms with van der Waals surface area (Å²) in [5, 5.41) is 8.66. The van der Waals surface area contributed by atoms with Gasteiger partial charge < -0.3 is 10.0 Å². The van der Waals surface area contributed by atoms with E-state index in [0.29, 0.717) is 6.42 Å². The summed E-state index contributed by atoms with van der Waals surface area (Å²) in [5.74, 6) is 0.226. The molecule has 1 rings (SSSR count). The number of aliphatic hydroxyl groups is 1. The van der Waals surface area contributed by atoms with Gasteiger partial charge in [0.1, 0.15) is 0 Å². The maximum Gasteiger partial charge on any atom is 0.222 e. The molecule has 1 amide bonds. The summed E-state index contributed by atoms with van der Waals surface area (Å²) < 4.78 is 0. The van der Waals surface area contributed by atoms with Crippen LogP contribution in [0.4, 0.5) is 0 Å². The molecule has 13 heavy (non-hydrogen) atoms. The second kappa shape index (κ2) is 5.19. The lowest BCUT2D eigenvalue weighted by Crippen LogP contribution is -2.47. The number of hydrogen-bond donors (Lipinski definition) is 1. The molecule has 0 bridgehead atoms. The van der Waals surface area contributed by atoms with Crippen LogP contribution in [-0.2, 0) is 4.79 Å². The Kier molecular flexibility index (Phi) is 4.18. The van der Waals surface area contributed by atoms with Crippen LogP contribution in [0, 0.1) is 6.54 Å². The van der Waals surface area contributed by atoms with Crippen LogP contribution in [0.25, 0.3) is 0 Å². The molecule has 0 unspecified atom stereocenters. The minimum absolute atomic E-state index is 0.0850. The van der Waals surface area contributed by atoms with Crippen LogP contribution < -0.4 is 0 Å². The van der Waals surface area contributed by atoms with E-state index < -0.39 is 0 Å². The third kappa shape index (κ3) is 2.97. The van der Waals surface area contributed by atoms with Gasteiger partial charge in [-0.1, -0.05) is 6.92 Å². The highest BCUT2D eigenvalue weighted by atomic mass is 16.3. The zero-order chi connectivity index (χ0) is 9.68. The summed E-state index contributed by atoms with van der Waals surface area (Å²) in [6.45, 7) is 6.98. The van der Waals surface area contributed by atoms with Crippen molar-refractivity contribution in [2.24, 2.45) is 0 Å². The predicted octanol–water partition coefficient (Wildman–Crippen LogP) is -0.305. The molecule has 1 fully saturated rings. The molecule has 1 radical (unpaired) electrons. The maximum absolute atomic E-state index is 11.3. The molecule has 0 aromatic heterocycles. The zero-order valence-corrected chi connectivity index (χ0v) is 8.07. The molecule has 0 aromatic rings. The molecule has 4 heteroatoms. The first-order valence-corrected chi connectivity index (χ1v) is 4.74. The molecule has 0 spiro atoms. The van der Waals surface area contributed by atoms with Crippen molar-refractivity contribution in [3.05, 3.63) is 6.54 Å². The van der Waals surface area contributed by atoms with Crippen molar-refractivity contribution in [2.45, 2.75) is 13.3 Å². The van der Waals surface area contributed by atoms with E-state index in [9.17, 15) is 4.79 Å². The third-order valence-corrected chi connectivity index (χ3v) is 2.31. The van der Waals surface area contributed by atoms with Gasteiger partial charge in [-0.15, -0.1) is 0 Å². The molecule has 0 saturated carbocycles. The van der Waals surface area contributed by atoms with Gasteiger partial charge >= 0.3 is 0 Å². The predicted molar refractivity (Wildman–Crippen MR) is 49.8 cm³/mol. The standard InChI is InChI=1S/C9H17N2O2/c1-2-9(13)11-5-3-10(4-6-11)7-8-12/h7,12H,2-6,8H2,1H3. The number of hydrogen-bond acceptors (Lipinski definition) is 3. The molecule has 0 aromatic carbocycles. The van der Waals surface area contributed by atoms with E-state index in [0.717, 1.165) is 26.2 Å². The Labute approximate surface area is 79.1 Å². The van der Waals surface area contributed by atoms with Crippen molar-refractivity contribution in [1.82, 2.24) is 9.80 Å². The van der Waals surface area contributed by atoms with E-state index >= 15 is 0 Å². The molecule has 4 nitrogen and oxygen atoms in total. The van der Waals surface area contributed by atoms with Gasteiger partial charge in [0.15, 0.2) is 0 Å². The molecule has 0 atom stereocenters.